The molecule has 0 saturated carbocycles. The average Bonchev–Trinajstić information content (AvgIpc) is 2.98. The van der Waals surface area contributed by atoms with Crippen LogP contribution in [-0.2, 0) is 9.59 Å². The van der Waals surface area contributed by atoms with Crippen LogP contribution in [0.25, 0.3) is 6.08 Å². The Morgan fingerprint density at radius 1 is 1.14 bits per heavy atom. The van der Waals surface area contributed by atoms with Crippen LogP contribution in [0.4, 0.5) is 5.69 Å². The third kappa shape index (κ3) is 3.86. The lowest BCUT2D eigenvalue weighted by atomic mass is 10.1. The fourth-order valence-corrected chi connectivity index (χ4v) is 3.39. The molecule has 1 fully saturated rings. The lowest BCUT2D eigenvalue weighted by Gasteiger charge is -2.15. The highest BCUT2D eigenvalue weighted by Gasteiger charge is 2.34. The number of hydrazine groups is 1. The fourth-order valence-electron chi connectivity index (χ4n) is 2.72. The number of nitrogens with one attached hydrogen (secondary N) is 1. The maximum absolute atomic E-state index is 12.8. The van der Waals surface area contributed by atoms with Crippen molar-refractivity contribution in [1.82, 2.24) is 5.43 Å². The van der Waals surface area contributed by atoms with E-state index in [1.807, 2.05) is 19.9 Å². The predicted octanol–water partition coefficient (Wildman–Crippen LogP) is 4.36. The highest BCUT2D eigenvalue weighted by atomic mass is 79.9. The van der Waals surface area contributed by atoms with Gasteiger partial charge in [0, 0.05) is 4.47 Å². The third-order valence-electron chi connectivity index (χ3n) is 3.95. The van der Waals surface area contributed by atoms with E-state index in [9.17, 15) is 9.59 Å². The van der Waals surface area contributed by atoms with Crippen LogP contribution in [0.5, 0.6) is 11.5 Å². The van der Waals surface area contributed by atoms with Crippen LogP contribution in [-0.4, -0.2) is 25.0 Å². The lowest BCUT2D eigenvalue weighted by Crippen LogP contribution is -2.35. The summed E-state index contributed by atoms with van der Waals surface area (Å²) in [6.07, 6.45) is 1.48. The molecule has 0 aromatic heterocycles. The highest BCUT2D eigenvalue weighted by molar-refractivity contribution is 9.10. The summed E-state index contributed by atoms with van der Waals surface area (Å²) in [6, 6.07) is 10.6. The molecule has 0 aliphatic carbocycles. The summed E-state index contributed by atoms with van der Waals surface area (Å²) < 4.78 is 11.7. The molecule has 1 aliphatic heterocycles. The summed E-state index contributed by atoms with van der Waals surface area (Å²) in [6.45, 7) is 4.51. The molecule has 0 atom stereocenters. The van der Waals surface area contributed by atoms with Crippen LogP contribution in [0.1, 0.15) is 19.4 Å². The van der Waals surface area contributed by atoms with Gasteiger partial charge in [0.25, 0.3) is 11.8 Å². The molecule has 2 aromatic carbocycles. The minimum Gasteiger partial charge on any atom is -0.490 e. The number of benzene rings is 2. The minimum atomic E-state index is -0.497. The van der Waals surface area contributed by atoms with Gasteiger partial charge in [0.05, 0.1) is 18.9 Å². The van der Waals surface area contributed by atoms with Crippen LogP contribution in [0.2, 0.25) is 5.02 Å². The van der Waals surface area contributed by atoms with Crippen LogP contribution in [0.3, 0.4) is 0 Å². The summed E-state index contributed by atoms with van der Waals surface area (Å²) in [4.78, 5) is 25.2. The first kappa shape index (κ1) is 20.2. The van der Waals surface area contributed by atoms with Gasteiger partial charge in [-0.15, -0.1) is 0 Å². The first-order valence-electron chi connectivity index (χ1n) is 8.67. The maximum atomic E-state index is 12.8. The molecule has 1 N–H and O–H groups in total. The van der Waals surface area contributed by atoms with Crippen LogP contribution >= 0.6 is 27.5 Å². The number of carbonyl (C=O) groups is 2. The van der Waals surface area contributed by atoms with Crippen molar-refractivity contribution in [2.75, 3.05) is 18.2 Å². The Morgan fingerprint density at radius 3 is 2.46 bits per heavy atom. The second-order valence-electron chi connectivity index (χ2n) is 5.76. The van der Waals surface area contributed by atoms with Crippen molar-refractivity contribution in [1.29, 1.82) is 0 Å². The number of halogens is 2. The monoisotopic (exact) mass is 464 g/mol. The number of hydrogen-bond donors (Lipinski definition) is 1. The molecular formula is C20H18BrClN2O4. The minimum absolute atomic E-state index is 0.00720. The van der Waals surface area contributed by atoms with Gasteiger partial charge in [-0.1, -0.05) is 29.8 Å². The van der Waals surface area contributed by atoms with Crippen LogP contribution < -0.4 is 19.9 Å². The maximum Gasteiger partial charge on any atom is 0.282 e. The number of amides is 2. The van der Waals surface area contributed by atoms with Gasteiger partial charge in [-0.05, 0) is 59.6 Å². The van der Waals surface area contributed by atoms with Gasteiger partial charge in [-0.3, -0.25) is 15.0 Å². The Bertz CT molecular complexity index is 947. The third-order valence-corrected chi connectivity index (χ3v) is 5.39. The zero-order valence-corrected chi connectivity index (χ0v) is 17.6. The van der Waals surface area contributed by atoms with Gasteiger partial charge < -0.3 is 9.47 Å². The van der Waals surface area contributed by atoms with Crippen LogP contribution in [0.15, 0.2) is 46.4 Å². The first-order valence-corrected chi connectivity index (χ1v) is 9.84. The van der Waals surface area contributed by atoms with E-state index in [0.29, 0.717) is 45.5 Å². The summed E-state index contributed by atoms with van der Waals surface area (Å²) in [5.41, 5.74) is 3.67. The van der Waals surface area contributed by atoms with E-state index in [1.54, 1.807) is 30.3 Å². The standard InChI is InChI=1S/C20H18BrClN2O4/c1-3-27-15-11-12(16(21)17(22)18(15)28-4-2)10-14-19(25)23-24(20(14)26)13-8-6-5-7-9-13/h5-11H,3-4H2,1-2H3,(H,23,25)/b14-10-. The van der Waals surface area contributed by atoms with E-state index >= 15 is 0 Å². The Morgan fingerprint density at radius 2 is 1.82 bits per heavy atom. The van der Waals surface area contributed by atoms with Crippen molar-refractivity contribution >= 4 is 51.1 Å². The second kappa shape index (κ2) is 8.67. The molecule has 0 spiro atoms. The molecule has 2 amide bonds. The molecule has 0 bridgehead atoms. The number of carbonyl (C=O) groups excluding carboxylic acids is 2. The number of ether oxygens (including phenoxy) is 2. The molecule has 0 radical (unpaired) electrons. The average molecular weight is 466 g/mol. The van der Waals surface area contributed by atoms with Gasteiger partial charge in [0.15, 0.2) is 11.5 Å². The summed E-state index contributed by atoms with van der Waals surface area (Å²) in [5, 5.41) is 1.52. The number of anilines is 1. The molecule has 28 heavy (non-hydrogen) atoms. The normalized spacial score (nSPS) is 15.1. The van der Waals surface area contributed by atoms with Crippen molar-refractivity contribution in [2.24, 2.45) is 0 Å². The number of nitrogens with zero attached hydrogens (tertiary/aromatic N) is 1. The highest BCUT2D eigenvalue weighted by Crippen LogP contribution is 2.43. The molecule has 6 nitrogen and oxygen atoms in total. The van der Waals surface area contributed by atoms with E-state index in [1.165, 1.54) is 11.1 Å². The van der Waals surface area contributed by atoms with E-state index in [0.717, 1.165) is 0 Å². The predicted molar refractivity (Wildman–Crippen MR) is 112 cm³/mol. The summed E-state index contributed by atoms with van der Waals surface area (Å²) in [5.74, 6) is -0.0990. The number of hydrogen-bond acceptors (Lipinski definition) is 4. The van der Waals surface area contributed by atoms with Gasteiger partial charge in [0.2, 0.25) is 0 Å². The van der Waals surface area contributed by atoms with Gasteiger partial charge in [-0.2, -0.15) is 0 Å². The van der Waals surface area contributed by atoms with Crippen molar-refractivity contribution in [3.63, 3.8) is 0 Å². The molecule has 8 heteroatoms. The van der Waals surface area contributed by atoms with E-state index in [4.69, 9.17) is 21.1 Å². The molecule has 1 saturated heterocycles. The lowest BCUT2D eigenvalue weighted by molar-refractivity contribution is -0.117. The Hall–Kier alpha value is -2.51. The quantitative estimate of drug-likeness (QED) is 0.508. The number of para-hydroxylation sites is 1. The summed E-state index contributed by atoms with van der Waals surface area (Å²) >= 11 is 9.85. The molecular weight excluding hydrogens is 448 g/mol. The zero-order valence-electron chi connectivity index (χ0n) is 15.3. The molecule has 1 aliphatic rings. The molecule has 0 unspecified atom stereocenters. The SMILES string of the molecule is CCOc1cc(/C=C2/C(=O)NN(c3ccccc3)C2=O)c(Br)c(Cl)c1OCC. The fraction of sp³-hybridized carbons (Fsp3) is 0.200. The largest absolute Gasteiger partial charge is 0.490 e. The summed E-state index contributed by atoms with van der Waals surface area (Å²) in [7, 11) is 0. The van der Waals surface area contributed by atoms with Gasteiger partial charge >= 0.3 is 0 Å². The van der Waals surface area contributed by atoms with Crippen molar-refractivity contribution < 1.29 is 19.1 Å². The first-order chi connectivity index (χ1) is 13.5. The van der Waals surface area contributed by atoms with Gasteiger partial charge in [0.1, 0.15) is 10.6 Å². The zero-order chi connectivity index (χ0) is 20.3. The molecule has 3 rings (SSSR count). The number of rotatable bonds is 6. The second-order valence-corrected chi connectivity index (χ2v) is 6.93. The van der Waals surface area contributed by atoms with E-state index in [2.05, 4.69) is 21.4 Å². The Balaban J connectivity index is 2.03. The Kier molecular flexibility index (Phi) is 6.26. The van der Waals surface area contributed by atoms with E-state index < -0.39 is 11.8 Å². The molecule has 146 valence electrons. The van der Waals surface area contributed by atoms with Crippen molar-refractivity contribution in [2.45, 2.75) is 13.8 Å². The van der Waals surface area contributed by atoms with E-state index in [-0.39, 0.29) is 5.57 Å². The smallest absolute Gasteiger partial charge is 0.282 e. The van der Waals surface area contributed by atoms with Crippen LogP contribution in [0, 0.1) is 0 Å². The van der Waals surface area contributed by atoms with Gasteiger partial charge in [-0.25, -0.2) is 5.01 Å². The van der Waals surface area contributed by atoms with Crippen molar-refractivity contribution in [3.05, 3.63) is 57.0 Å². The topological polar surface area (TPSA) is 67.9 Å². The molecule has 2 aromatic rings. The molecule has 1 heterocycles. The Labute approximate surface area is 176 Å². The van der Waals surface area contributed by atoms with Crippen molar-refractivity contribution in [3.8, 4) is 11.5 Å².